The van der Waals surface area contributed by atoms with Gasteiger partial charge in [0.25, 0.3) is 0 Å². The maximum atomic E-state index is 9.64. The smallest absolute Gasteiger partial charge is 0.217 e. The van der Waals surface area contributed by atoms with E-state index >= 15 is 0 Å². The van der Waals surface area contributed by atoms with Crippen molar-refractivity contribution in [3.8, 4) is 0 Å². The largest absolute Gasteiger partial charge is 0.354 e. The lowest BCUT2D eigenvalue weighted by Gasteiger charge is -2.41. The zero-order valence-corrected chi connectivity index (χ0v) is 10.0. The molecule has 0 rings (SSSR count). The minimum Gasteiger partial charge on any atom is -0.354 e. The number of aliphatic hydroxyl groups is 2. The molecule has 0 heterocycles. The maximum absolute atomic E-state index is 9.64. The Morgan fingerprint density at radius 3 is 1.71 bits per heavy atom. The van der Waals surface area contributed by atoms with E-state index in [0.717, 1.165) is 0 Å². The first-order valence-corrected chi connectivity index (χ1v) is 5.01. The van der Waals surface area contributed by atoms with E-state index in [-0.39, 0.29) is 17.0 Å². The molecule has 4 nitrogen and oxygen atoms in total. The van der Waals surface area contributed by atoms with Crippen LogP contribution < -0.4 is 10.6 Å². The van der Waals surface area contributed by atoms with Crippen LogP contribution in [0.3, 0.4) is 0 Å². The zero-order valence-electron chi connectivity index (χ0n) is 10.0. The van der Waals surface area contributed by atoms with Crippen molar-refractivity contribution in [2.75, 3.05) is 14.1 Å². The van der Waals surface area contributed by atoms with Crippen LogP contribution in [0.15, 0.2) is 0 Å². The highest BCUT2D eigenvalue weighted by molar-refractivity contribution is 6.45. The van der Waals surface area contributed by atoms with Gasteiger partial charge in [0.15, 0.2) is 0 Å². The van der Waals surface area contributed by atoms with Gasteiger partial charge in [0.2, 0.25) is 5.91 Å². The van der Waals surface area contributed by atoms with Crippen molar-refractivity contribution in [1.82, 2.24) is 10.6 Å². The molecule has 0 fully saturated rings. The van der Waals surface area contributed by atoms with E-state index in [2.05, 4.69) is 10.6 Å². The molecule has 0 bridgehead atoms. The molecule has 0 saturated carbocycles. The van der Waals surface area contributed by atoms with Gasteiger partial charge < -0.3 is 15.5 Å². The second-order valence-electron chi connectivity index (χ2n) is 4.53. The maximum Gasteiger partial charge on any atom is 0.217 e. The van der Waals surface area contributed by atoms with Crippen LogP contribution in [0.4, 0.5) is 0 Å². The fourth-order valence-corrected chi connectivity index (χ4v) is 1.43. The molecule has 2 atom stereocenters. The van der Waals surface area contributed by atoms with Gasteiger partial charge in [-0.25, -0.2) is 0 Å². The van der Waals surface area contributed by atoms with Gasteiger partial charge in [0.1, 0.15) is 31.4 Å². The predicted molar refractivity (Wildman–Crippen MR) is 69.7 cm³/mol. The molecular formula is C6H20B4N2O2. The van der Waals surface area contributed by atoms with E-state index in [9.17, 15) is 10.2 Å². The molecule has 8 heteroatoms. The van der Waals surface area contributed by atoms with Crippen molar-refractivity contribution >= 4 is 31.4 Å². The van der Waals surface area contributed by atoms with Crippen LogP contribution in [0.25, 0.3) is 0 Å². The number of hydrogen-bond acceptors (Lipinski definition) is 4. The highest BCUT2D eigenvalue weighted by Crippen LogP contribution is 2.32. The van der Waals surface area contributed by atoms with Gasteiger partial charge in [-0.3, -0.25) is 5.32 Å². The summed E-state index contributed by atoms with van der Waals surface area (Å²) in [6, 6.07) is 0. The van der Waals surface area contributed by atoms with Crippen molar-refractivity contribution in [1.29, 1.82) is 0 Å². The summed E-state index contributed by atoms with van der Waals surface area (Å²) < 4.78 is 0. The van der Waals surface area contributed by atoms with Crippen LogP contribution in [-0.2, 0) is 0 Å². The Hall–Kier alpha value is 0.0997. The number of hydrogen-bond donors (Lipinski definition) is 4. The van der Waals surface area contributed by atoms with Gasteiger partial charge >= 0.3 is 0 Å². The Kier molecular flexibility index (Phi) is 4.78. The van der Waals surface area contributed by atoms with E-state index in [0.29, 0.717) is 0 Å². The Morgan fingerprint density at radius 2 is 1.43 bits per heavy atom. The van der Waals surface area contributed by atoms with Crippen LogP contribution >= 0.6 is 0 Å². The third-order valence-electron chi connectivity index (χ3n) is 3.54. The van der Waals surface area contributed by atoms with Crippen LogP contribution in [0.1, 0.15) is 0 Å². The molecule has 0 radical (unpaired) electrons. The lowest BCUT2D eigenvalue weighted by Crippen LogP contribution is -2.56. The minimum atomic E-state index is -1.81. The van der Waals surface area contributed by atoms with E-state index in [1.807, 2.05) is 38.4 Å². The summed E-state index contributed by atoms with van der Waals surface area (Å²) >= 11 is 0. The topological polar surface area (TPSA) is 64.5 Å². The van der Waals surface area contributed by atoms with Crippen molar-refractivity contribution in [3.05, 3.63) is 0 Å². The van der Waals surface area contributed by atoms with Gasteiger partial charge in [-0.2, -0.15) is 0 Å². The Labute approximate surface area is 89.9 Å². The molecule has 78 valence electrons. The Bertz CT molecular complexity index is 171. The number of rotatable bonds is 5. The highest BCUT2D eigenvalue weighted by Gasteiger charge is 2.38. The van der Waals surface area contributed by atoms with Crippen LogP contribution in [0.2, 0.25) is 11.6 Å². The zero-order chi connectivity index (χ0) is 11.6. The SMILES string of the molecule is BC(C(B)C(O)(O)NC)C(B)(B)NC. The van der Waals surface area contributed by atoms with Crippen LogP contribution in [0, 0.1) is 0 Å². The predicted octanol–water partition coefficient (Wildman–Crippen LogP) is -5.17. The lowest BCUT2D eigenvalue weighted by atomic mass is 9.43. The molecule has 0 aliphatic rings. The normalized spacial score (nSPS) is 17.7. The fraction of sp³-hybridized carbons (Fsp3) is 1.00. The molecule has 0 aliphatic carbocycles. The van der Waals surface area contributed by atoms with Crippen LogP contribution in [0.5, 0.6) is 0 Å². The molecule has 0 aromatic rings. The summed E-state index contributed by atoms with van der Waals surface area (Å²) in [5.74, 6) is -1.96. The molecule has 0 spiro atoms. The monoisotopic (exact) mass is 196 g/mol. The van der Waals surface area contributed by atoms with E-state index in [1.165, 1.54) is 7.05 Å². The standard InChI is InChI=1S/C6H20B4N2O2/c1-11-5(9,10)3(7)4(8)6(13,14)12-2/h3-4,11-14H,7-10H2,1-2H3. The number of nitrogens with one attached hydrogen (secondary N) is 2. The lowest BCUT2D eigenvalue weighted by molar-refractivity contribution is -0.185. The van der Waals surface area contributed by atoms with Crippen LogP contribution in [-0.4, -0.2) is 66.9 Å². The van der Waals surface area contributed by atoms with Gasteiger partial charge in [0, 0.05) is 0 Å². The summed E-state index contributed by atoms with van der Waals surface area (Å²) in [6.45, 7) is 0. The molecule has 0 aliphatic heterocycles. The highest BCUT2D eigenvalue weighted by atomic mass is 16.5. The average Bonchev–Trinajstić information content (AvgIpc) is 2.15. The second kappa shape index (κ2) is 4.75. The van der Waals surface area contributed by atoms with Gasteiger partial charge in [-0.05, 0) is 25.3 Å². The third-order valence-corrected chi connectivity index (χ3v) is 3.54. The van der Waals surface area contributed by atoms with Crippen molar-refractivity contribution in [2.45, 2.75) is 22.9 Å². The van der Waals surface area contributed by atoms with Gasteiger partial charge in [-0.1, -0.05) is 5.82 Å². The van der Waals surface area contributed by atoms with Gasteiger partial charge in [0.05, 0.1) is 0 Å². The Balaban J connectivity index is 4.62. The summed E-state index contributed by atoms with van der Waals surface area (Å²) in [6.07, 6.45) is 0. The minimum absolute atomic E-state index is 0.120. The molecule has 0 aromatic carbocycles. The van der Waals surface area contributed by atoms with E-state index < -0.39 is 5.91 Å². The quantitative estimate of drug-likeness (QED) is 0.262. The average molecular weight is 195 g/mol. The summed E-state index contributed by atoms with van der Waals surface area (Å²) in [4.78, 5) is 0. The Morgan fingerprint density at radius 1 is 1.00 bits per heavy atom. The summed E-state index contributed by atoms with van der Waals surface area (Å²) in [7, 11) is 11.3. The molecule has 0 saturated heterocycles. The molecular weight excluding hydrogens is 175 g/mol. The second-order valence-corrected chi connectivity index (χ2v) is 4.53. The van der Waals surface area contributed by atoms with E-state index in [1.54, 1.807) is 0 Å². The van der Waals surface area contributed by atoms with Crippen molar-refractivity contribution < 1.29 is 10.2 Å². The molecule has 0 amide bonds. The molecule has 0 aromatic heterocycles. The fourth-order valence-electron chi connectivity index (χ4n) is 1.43. The molecule has 14 heavy (non-hydrogen) atoms. The first kappa shape index (κ1) is 14.1. The molecule has 2 unspecified atom stereocenters. The third kappa shape index (κ3) is 3.05. The summed E-state index contributed by atoms with van der Waals surface area (Å²) in [5.41, 5.74) is 0. The molecule has 4 N–H and O–H groups in total. The van der Waals surface area contributed by atoms with Crippen molar-refractivity contribution in [3.63, 3.8) is 0 Å². The van der Waals surface area contributed by atoms with Gasteiger partial charge in [-0.15, -0.1) is 0 Å². The first-order valence-electron chi connectivity index (χ1n) is 5.01. The van der Waals surface area contributed by atoms with E-state index in [4.69, 9.17) is 0 Å². The first-order chi connectivity index (χ1) is 6.19. The summed E-state index contributed by atoms with van der Waals surface area (Å²) in [5, 5.41) is 24.8. The van der Waals surface area contributed by atoms with Crippen molar-refractivity contribution in [2.24, 2.45) is 0 Å².